The molecule has 1 saturated heterocycles. The van der Waals surface area contributed by atoms with Crippen molar-refractivity contribution in [3.8, 4) is 5.75 Å². The number of allylic oxidation sites excluding steroid dienone is 4. The van der Waals surface area contributed by atoms with Gasteiger partial charge in [-0.3, -0.25) is 4.90 Å². The van der Waals surface area contributed by atoms with E-state index < -0.39 is 0 Å². The number of ether oxygens (including phenoxy) is 1. The predicted octanol–water partition coefficient (Wildman–Crippen LogP) is 6.56. The third-order valence-corrected chi connectivity index (χ3v) is 8.39. The molecule has 2 atom stereocenters. The fourth-order valence-electron chi connectivity index (χ4n) is 5.03. The molecule has 2 nitrogen and oxygen atoms in total. The van der Waals surface area contributed by atoms with Gasteiger partial charge in [-0.2, -0.15) is 0 Å². The number of rotatable bonds is 9. The van der Waals surface area contributed by atoms with Gasteiger partial charge in [0.05, 0.1) is 0 Å². The van der Waals surface area contributed by atoms with Gasteiger partial charge in [0.25, 0.3) is 0 Å². The van der Waals surface area contributed by atoms with Crippen LogP contribution in [0.5, 0.6) is 5.75 Å². The van der Waals surface area contributed by atoms with Crippen molar-refractivity contribution in [1.29, 1.82) is 0 Å². The van der Waals surface area contributed by atoms with Crippen molar-refractivity contribution >= 4 is 19.2 Å². The highest BCUT2D eigenvalue weighted by Gasteiger charge is 2.15. The van der Waals surface area contributed by atoms with E-state index in [1.54, 1.807) is 0 Å². The summed E-state index contributed by atoms with van der Waals surface area (Å²) in [4.78, 5) is 2.62. The normalized spacial score (nSPS) is 18.3. The second-order valence-electron chi connectivity index (χ2n) is 9.74. The first-order valence-electron chi connectivity index (χ1n) is 13.0. The summed E-state index contributed by atoms with van der Waals surface area (Å²) in [6, 6.07) is 26.4. The molecular weight excluding hydrogens is 445 g/mol. The molecule has 2 unspecified atom stereocenters. The molecule has 1 aliphatic heterocycles. The van der Waals surface area contributed by atoms with E-state index in [9.17, 15) is 0 Å². The molecule has 1 aliphatic carbocycles. The minimum atomic E-state index is 0.582. The van der Waals surface area contributed by atoms with Gasteiger partial charge >= 0.3 is 0 Å². The van der Waals surface area contributed by atoms with Crippen LogP contribution in [0.2, 0.25) is 0 Å². The van der Waals surface area contributed by atoms with E-state index in [4.69, 9.17) is 4.74 Å². The summed E-state index contributed by atoms with van der Waals surface area (Å²) in [5.41, 5.74) is 4.07. The molecule has 180 valence electrons. The summed E-state index contributed by atoms with van der Waals surface area (Å²) >= 11 is 0. The number of hydrogen-bond donors (Lipinski definition) is 0. The van der Waals surface area contributed by atoms with Crippen molar-refractivity contribution in [2.75, 3.05) is 13.1 Å². The highest BCUT2D eigenvalue weighted by atomic mass is 31.1. The summed E-state index contributed by atoms with van der Waals surface area (Å²) in [6.45, 7) is 4.11. The van der Waals surface area contributed by atoms with Crippen molar-refractivity contribution in [3.05, 3.63) is 114 Å². The average molecular weight is 482 g/mol. The number of benzene rings is 3. The molecule has 0 radical (unpaired) electrons. The molecule has 2 aliphatic rings. The van der Waals surface area contributed by atoms with E-state index in [-0.39, 0.29) is 0 Å². The topological polar surface area (TPSA) is 12.5 Å². The Labute approximate surface area is 212 Å². The molecule has 35 heavy (non-hydrogen) atoms. The maximum atomic E-state index is 6.40. The molecule has 1 fully saturated rings. The van der Waals surface area contributed by atoms with Crippen molar-refractivity contribution in [1.82, 2.24) is 4.90 Å². The molecule has 5 rings (SSSR count). The van der Waals surface area contributed by atoms with Crippen LogP contribution in [0.15, 0.2) is 97.1 Å². The third kappa shape index (κ3) is 6.94. The summed E-state index contributed by atoms with van der Waals surface area (Å²) in [6.07, 6.45) is 15.2. The molecule has 0 bridgehead atoms. The Morgan fingerprint density at radius 1 is 0.800 bits per heavy atom. The second kappa shape index (κ2) is 12.3. The molecular formula is C32H36NOP. The minimum Gasteiger partial charge on any atom is -0.488 e. The zero-order valence-corrected chi connectivity index (χ0v) is 21.5. The maximum Gasteiger partial charge on any atom is 0.127 e. The quantitative estimate of drug-likeness (QED) is 0.321. The SMILES string of the molecule is C1=CCC(Cc2ccc(OCc3ccccc3)c(Pc3ccccc3CN3CCCCC3)c2)C=C1. The predicted molar refractivity (Wildman–Crippen MR) is 150 cm³/mol. The lowest BCUT2D eigenvalue weighted by Gasteiger charge is -2.27. The Bertz CT molecular complexity index is 1150. The molecule has 0 amide bonds. The van der Waals surface area contributed by atoms with Crippen LogP contribution < -0.4 is 15.3 Å². The largest absolute Gasteiger partial charge is 0.488 e. The van der Waals surface area contributed by atoms with Gasteiger partial charge in [-0.05, 0) is 78.8 Å². The standard InChI is InChI=1S/C32H36NOP/c1-4-12-26(13-5-1)22-28-18-19-30(34-25-27-14-6-2-7-15-27)32(23-28)35-31-17-9-8-16-29(31)24-33-20-10-3-11-21-33/h1-2,4-9,12,14-19,23,26,35H,3,10-11,13,20-22,24-25H2. The zero-order chi connectivity index (χ0) is 23.7. The first-order chi connectivity index (χ1) is 17.3. The lowest BCUT2D eigenvalue weighted by Crippen LogP contribution is -2.30. The van der Waals surface area contributed by atoms with Gasteiger partial charge in [0.15, 0.2) is 0 Å². The molecule has 0 N–H and O–H groups in total. The van der Waals surface area contributed by atoms with Crippen LogP contribution in [0.1, 0.15) is 42.4 Å². The first-order valence-corrected chi connectivity index (χ1v) is 14.0. The van der Waals surface area contributed by atoms with Gasteiger partial charge in [0, 0.05) is 11.8 Å². The summed E-state index contributed by atoms with van der Waals surface area (Å²) in [7, 11) is 0.588. The van der Waals surface area contributed by atoms with Crippen LogP contribution >= 0.6 is 8.58 Å². The highest BCUT2D eigenvalue weighted by molar-refractivity contribution is 7.55. The second-order valence-corrected chi connectivity index (χ2v) is 11.1. The van der Waals surface area contributed by atoms with Crippen LogP contribution in [0, 0.1) is 5.92 Å². The lowest BCUT2D eigenvalue weighted by atomic mass is 9.93. The van der Waals surface area contributed by atoms with E-state index in [2.05, 4.69) is 102 Å². The zero-order valence-electron chi connectivity index (χ0n) is 20.5. The van der Waals surface area contributed by atoms with Gasteiger partial charge in [-0.1, -0.05) is 100.0 Å². The summed E-state index contributed by atoms with van der Waals surface area (Å²) < 4.78 is 6.40. The first kappa shape index (κ1) is 24.0. The van der Waals surface area contributed by atoms with Crippen LogP contribution in [0.4, 0.5) is 0 Å². The van der Waals surface area contributed by atoms with Crippen molar-refractivity contribution < 1.29 is 4.74 Å². The molecule has 3 heteroatoms. The molecule has 0 spiro atoms. The number of piperidine rings is 1. The van der Waals surface area contributed by atoms with E-state index in [0.717, 1.165) is 25.1 Å². The Balaban J connectivity index is 1.38. The van der Waals surface area contributed by atoms with Gasteiger partial charge in [-0.15, -0.1) is 0 Å². The average Bonchev–Trinajstić information content (AvgIpc) is 2.91. The minimum absolute atomic E-state index is 0.582. The Morgan fingerprint density at radius 3 is 2.46 bits per heavy atom. The summed E-state index contributed by atoms with van der Waals surface area (Å²) in [5.74, 6) is 1.60. The monoisotopic (exact) mass is 481 g/mol. The van der Waals surface area contributed by atoms with Gasteiger partial charge in [-0.25, -0.2) is 0 Å². The van der Waals surface area contributed by atoms with Gasteiger partial charge < -0.3 is 4.74 Å². The molecule has 0 aromatic heterocycles. The van der Waals surface area contributed by atoms with Gasteiger partial charge in [0.1, 0.15) is 12.4 Å². The van der Waals surface area contributed by atoms with Crippen LogP contribution in [0.3, 0.4) is 0 Å². The fourth-order valence-corrected chi connectivity index (χ4v) is 6.36. The maximum absolute atomic E-state index is 6.40. The molecule has 3 aromatic carbocycles. The van der Waals surface area contributed by atoms with Crippen LogP contribution in [-0.4, -0.2) is 18.0 Å². The summed E-state index contributed by atoms with van der Waals surface area (Å²) in [5, 5.41) is 2.76. The Morgan fingerprint density at radius 2 is 1.63 bits per heavy atom. The van der Waals surface area contributed by atoms with Crippen molar-refractivity contribution in [2.24, 2.45) is 5.92 Å². The van der Waals surface area contributed by atoms with Gasteiger partial charge in [0.2, 0.25) is 0 Å². The van der Waals surface area contributed by atoms with Crippen LogP contribution in [0.25, 0.3) is 0 Å². The number of nitrogens with zero attached hydrogens (tertiary/aromatic N) is 1. The lowest BCUT2D eigenvalue weighted by molar-refractivity contribution is 0.221. The van der Waals surface area contributed by atoms with Crippen LogP contribution in [-0.2, 0) is 19.6 Å². The molecule has 1 heterocycles. The Kier molecular flexibility index (Phi) is 8.48. The van der Waals surface area contributed by atoms with E-state index >= 15 is 0 Å². The number of hydrogen-bond acceptors (Lipinski definition) is 2. The molecule has 3 aromatic rings. The fraction of sp³-hybridized carbons (Fsp3) is 0.312. The van der Waals surface area contributed by atoms with Crippen molar-refractivity contribution in [2.45, 2.75) is 45.3 Å². The Hall–Kier alpha value is -2.67. The third-order valence-electron chi connectivity index (χ3n) is 6.98. The smallest absolute Gasteiger partial charge is 0.127 e. The van der Waals surface area contributed by atoms with E-state index in [1.165, 1.54) is 59.7 Å². The molecule has 0 saturated carbocycles. The highest BCUT2D eigenvalue weighted by Crippen LogP contribution is 2.26. The van der Waals surface area contributed by atoms with E-state index in [1.807, 2.05) is 0 Å². The van der Waals surface area contributed by atoms with E-state index in [0.29, 0.717) is 21.1 Å². The van der Waals surface area contributed by atoms with Crippen molar-refractivity contribution in [3.63, 3.8) is 0 Å². The number of likely N-dealkylation sites (tertiary alicyclic amines) is 1.